The van der Waals surface area contributed by atoms with Gasteiger partial charge in [-0.1, -0.05) is 25.9 Å². The van der Waals surface area contributed by atoms with Crippen molar-refractivity contribution in [1.82, 2.24) is 19.9 Å². The predicted octanol–water partition coefficient (Wildman–Crippen LogP) is 0.765. The van der Waals surface area contributed by atoms with Crippen molar-refractivity contribution >= 4 is 5.91 Å². The number of carbonyl (C=O) groups excluding carboxylic acids is 1. The Labute approximate surface area is 155 Å². The maximum absolute atomic E-state index is 12.7. The Kier molecular flexibility index (Phi) is 5.94. The molecule has 1 amide bonds. The van der Waals surface area contributed by atoms with Crippen molar-refractivity contribution in [3.05, 3.63) is 11.7 Å². The van der Waals surface area contributed by atoms with E-state index in [1.165, 1.54) is 0 Å². The third-order valence-electron chi connectivity index (χ3n) is 5.22. The van der Waals surface area contributed by atoms with E-state index in [1.54, 1.807) is 0 Å². The lowest BCUT2D eigenvalue weighted by Gasteiger charge is -2.37. The third kappa shape index (κ3) is 4.61. The summed E-state index contributed by atoms with van der Waals surface area (Å²) >= 11 is 0. The zero-order valence-electron chi connectivity index (χ0n) is 16.1. The summed E-state index contributed by atoms with van der Waals surface area (Å²) in [6, 6.07) is -0.406. The number of aromatic nitrogens is 2. The fourth-order valence-electron chi connectivity index (χ4n) is 3.44. The molecule has 1 atom stereocenters. The highest BCUT2D eigenvalue weighted by molar-refractivity contribution is 5.82. The summed E-state index contributed by atoms with van der Waals surface area (Å²) in [7, 11) is 0. The number of hydrogen-bond acceptors (Lipinski definition) is 7. The molecule has 2 fully saturated rings. The van der Waals surface area contributed by atoms with Crippen molar-refractivity contribution in [2.45, 2.75) is 51.6 Å². The molecule has 2 aliphatic heterocycles. The number of nitrogens with zero attached hydrogens (tertiary/aromatic N) is 4. The van der Waals surface area contributed by atoms with Gasteiger partial charge in [-0.25, -0.2) is 0 Å². The van der Waals surface area contributed by atoms with Gasteiger partial charge in [0.05, 0.1) is 12.6 Å². The Morgan fingerprint density at radius 1 is 1.23 bits per heavy atom. The first kappa shape index (κ1) is 19.3. The summed E-state index contributed by atoms with van der Waals surface area (Å²) in [6.07, 6.45) is 1.75. The Morgan fingerprint density at radius 2 is 1.88 bits per heavy atom. The van der Waals surface area contributed by atoms with Crippen LogP contribution in [-0.4, -0.2) is 71.3 Å². The molecular weight excluding hydrogens is 334 g/mol. The van der Waals surface area contributed by atoms with Crippen LogP contribution in [0.3, 0.4) is 0 Å². The van der Waals surface area contributed by atoms with Crippen LogP contribution in [0.15, 0.2) is 4.52 Å². The number of rotatable bonds is 4. The van der Waals surface area contributed by atoms with Crippen LogP contribution in [0.2, 0.25) is 0 Å². The maximum atomic E-state index is 12.7. The molecule has 8 nitrogen and oxygen atoms in total. The van der Waals surface area contributed by atoms with Crippen molar-refractivity contribution in [2.24, 2.45) is 11.7 Å². The number of amides is 1. The van der Waals surface area contributed by atoms with Gasteiger partial charge >= 0.3 is 0 Å². The van der Waals surface area contributed by atoms with Crippen molar-refractivity contribution in [2.75, 3.05) is 39.4 Å². The van der Waals surface area contributed by atoms with Gasteiger partial charge in [-0.15, -0.1) is 0 Å². The van der Waals surface area contributed by atoms with Gasteiger partial charge in [0.25, 0.3) is 0 Å². The summed E-state index contributed by atoms with van der Waals surface area (Å²) < 4.78 is 10.7. The first-order chi connectivity index (χ1) is 12.3. The maximum Gasteiger partial charge on any atom is 0.239 e. The molecule has 26 heavy (non-hydrogen) atoms. The zero-order valence-corrected chi connectivity index (χ0v) is 16.1. The molecule has 1 aromatic heterocycles. The number of hydrogen-bond donors (Lipinski definition) is 1. The minimum atomic E-state index is -0.406. The molecule has 0 bridgehead atoms. The average Bonchev–Trinajstić information content (AvgIpc) is 3.11. The second kappa shape index (κ2) is 8.02. The smallest absolute Gasteiger partial charge is 0.239 e. The van der Waals surface area contributed by atoms with E-state index in [0.29, 0.717) is 44.6 Å². The van der Waals surface area contributed by atoms with Gasteiger partial charge in [0, 0.05) is 44.8 Å². The molecule has 0 spiro atoms. The highest BCUT2D eigenvalue weighted by Gasteiger charge is 2.32. The van der Waals surface area contributed by atoms with Gasteiger partial charge in [-0.3, -0.25) is 9.69 Å². The quantitative estimate of drug-likeness (QED) is 0.841. The van der Waals surface area contributed by atoms with Crippen LogP contribution in [-0.2, 0) is 21.5 Å². The molecule has 1 unspecified atom stereocenters. The third-order valence-corrected chi connectivity index (χ3v) is 5.22. The van der Waals surface area contributed by atoms with Gasteiger partial charge in [-0.05, 0) is 18.8 Å². The normalized spacial score (nSPS) is 21.8. The van der Waals surface area contributed by atoms with E-state index in [1.807, 2.05) is 4.90 Å². The summed E-state index contributed by atoms with van der Waals surface area (Å²) in [5, 5.41) is 4.08. The van der Waals surface area contributed by atoms with Crippen LogP contribution in [0.5, 0.6) is 0 Å². The van der Waals surface area contributed by atoms with E-state index in [0.717, 1.165) is 25.9 Å². The van der Waals surface area contributed by atoms with E-state index in [-0.39, 0.29) is 17.2 Å². The Balaban J connectivity index is 1.47. The number of ether oxygens (including phenoxy) is 1. The van der Waals surface area contributed by atoms with E-state index in [4.69, 9.17) is 15.0 Å². The first-order valence-corrected chi connectivity index (χ1v) is 9.52. The van der Waals surface area contributed by atoms with Crippen LogP contribution in [0.25, 0.3) is 0 Å². The summed E-state index contributed by atoms with van der Waals surface area (Å²) in [4.78, 5) is 21.3. The fraction of sp³-hybridized carbons (Fsp3) is 0.833. The van der Waals surface area contributed by atoms with Crippen molar-refractivity contribution in [3.8, 4) is 0 Å². The highest BCUT2D eigenvalue weighted by Crippen LogP contribution is 2.21. The minimum absolute atomic E-state index is 0.0751. The standard InChI is InChI=1S/C18H31N5O3/c1-18(2,3)17-20-14(21-26-17)12-22-6-8-23(9-7-22)16(24)15(19)13-4-10-25-11-5-13/h13,15H,4-12,19H2,1-3H3. The lowest BCUT2D eigenvalue weighted by atomic mass is 9.91. The molecule has 2 N–H and O–H groups in total. The first-order valence-electron chi connectivity index (χ1n) is 9.52. The van der Waals surface area contributed by atoms with E-state index in [2.05, 4.69) is 35.8 Å². The van der Waals surface area contributed by atoms with Crippen LogP contribution >= 0.6 is 0 Å². The number of piperazine rings is 1. The van der Waals surface area contributed by atoms with E-state index < -0.39 is 6.04 Å². The molecule has 8 heteroatoms. The molecule has 0 aromatic carbocycles. The van der Waals surface area contributed by atoms with Crippen LogP contribution in [0.1, 0.15) is 45.3 Å². The van der Waals surface area contributed by atoms with Gasteiger partial charge in [0.2, 0.25) is 11.8 Å². The Morgan fingerprint density at radius 3 is 2.46 bits per heavy atom. The van der Waals surface area contributed by atoms with Crippen molar-refractivity contribution in [1.29, 1.82) is 0 Å². The number of carbonyl (C=O) groups is 1. The molecule has 2 aliphatic rings. The molecule has 0 radical (unpaired) electrons. The summed E-state index contributed by atoms with van der Waals surface area (Å²) in [6.45, 7) is 11.2. The van der Waals surface area contributed by atoms with Crippen molar-refractivity contribution in [3.63, 3.8) is 0 Å². The fourth-order valence-corrected chi connectivity index (χ4v) is 3.44. The zero-order chi connectivity index (χ0) is 18.7. The summed E-state index contributed by atoms with van der Waals surface area (Å²) in [5.41, 5.74) is 6.09. The molecule has 1 aromatic rings. The molecule has 0 saturated carbocycles. The van der Waals surface area contributed by atoms with Gasteiger partial charge < -0.3 is 19.9 Å². The van der Waals surface area contributed by atoms with Crippen molar-refractivity contribution < 1.29 is 14.1 Å². The topological polar surface area (TPSA) is 97.7 Å². The van der Waals surface area contributed by atoms with Crippen LogP contribution in [0, 0.1) is 5.92 Å². The molecular formula is C18H31N5O3. The van der Waals surface area contributed by atoms with Crippen LogP contribution in [0.4, 0.5) is 0 Å². The highest BCUT2D eigenvalue weighted by atomic mass is 16.5. The second-order valence-corrected chi connectivity index (χ2v) is 8.34. The van der Waals surface area contributed by atoms with Crippen LogP contribution < -0.4 is 5.73 Å². The van der Waals surface area contributed by atoms with Gasteiger partial charge in [0.15, 0.2) is 5.82 Å². The Hall–Kier alpha value is -1.51. The monoisotopic (exact) mass is 365 g/mol. The lowest BCUT2D eigenvalue weighted by Crippen LogP contribution is -2.55. The number of nitrogens with two attached hydrogens (primary N) is 1. The predicted molar refractivity (Wildman–Crippen MR) is 96.4 cm³/mol. The molecule has 0 aliphatic carbocycles. The SMILES string of the molecule is CC(C)(C)c1nc(CN2CCN(C(=O)C(N)C3CCOCC3)CC2)no1. The molecule has 3 heterocycles. The van der Waals surface area contributed by atoms with E-state index >= 15 is 0 Å². The molecule has 3 rings (SSSR count). The average molecular weight is 365 g/mol. The van der Waals surface area contributed by atoms with Gasteiger partial charge in [0.1, 0.15) is 0 Å². The minimum Gasteiger partial charge on any atom is -0.381 e. The molecule has 146 valence electrons. The lowest BCUT2D eigenvalue weighted by molar-refractivity contribution is -0.136. The second-order valence-electron chi connectivity index (χ2n) is 8.34. The summed E-state index contributed by atoms with van der Waals surface area (Å²) in [5.74, 6) is 1.67. The Bertz CT molecular complexity index is 598. The van der Waals surface area contributed by atoms with E-state index in [9.17, 15) is 4.79 Å². The molecule has 2 saturated heterocycles. The van der Waals surface area contributed by atoms with Gasteiger partial charge in [-0.2, -0.15) is 4.98 Å². The largest absolute Gasteiger partial charge is 0.381 e.